The predicted molar refractivity (Wildman–Crippen MR) is 218 cm³/mol. The van der Waals surface area contributed by atoms with E-state index in [9.17, 15) is 2.74 Å². The van der Waals surface area contributed by atoms with Crippen molar-refractivity contribution in [3.8, 4) is 44.5 Å². The molecule has 0 radical (unpaired) electrons. The molecule has 9 rings (SSSR count). The van der Waals surface area contributed by atoms with Crippen molar-refractivity contribution in [2.75, 3.05) is 4.90 Å². The highest BCUT2D eigenvalue weighted by atomic mass is 15.1. The Bertz CT molecular complexity index is 2860. The molecule has 0 spiro atoms. The van der Waals surface area contributed by atoms with Gasteiger partial charge in [-0.3, -0.25) is 0 Å². The van der Waals surface area contributed by atoms with Gasteiger partial charge in [-0.25, -0.2) is 0 Å². The summed E-state index contributed by atoms with van der Waals surface area (Å²) in [6, 6.07) is 63.0. The summed E-state index contributed by atoms with van der Waals surface area (Å²) in [6.45, 7) is 0. The van der Waals surface area contributed by atoms with Crippen LogP contribution in [0.15, 0.2) is 212 Å². The molecule has 0 aromatic heterocycles. The van der Waals surface area contributed by atoms with Crippen molar-refractivity contribution in [2.45, 2.75) is 0 Å². The number of anilines is 3. The Morgan fingerprint density at radius 2 is 0.863 bits per heavy atom. The molecule has 0 aliphatic rings. The highest BCUT2D eigenvalue weighted by Gasteiger charge is 2.16. The van der Waals surface area contributed by atoms with Gasteiger partial charge in [0.1, 0.15) is 0 Å². The van der Waals surface area contributed by atoms with Crippen molar-refractivity contribution in [2.24, 2.45) is 0 Å². The predicted octanol–water partition coefficient (Wildman–Crippen LogP) is 14.1. The minimum absolute atomic E-state index is 0.0255. The molecule has 0 amide bonds. The van der Waals surface area contributed by atoms with E-state index < -0.39 is 0 Å². The van der Waals surface area contributed by atoms with Crippen molar-refractivity contribution < 1.29 is 5.48 Å². The third-order valence-corrected chi connectivity index (χ3v) is 9.53. The molecule has 1 nitrogen and oxygen atoms in total. The van der Waals surface area contributed by atoms with Crippen molar-refractivity contribution in [1.29, 1.82) is 0 Å². The maximum atomic E-state index is 9.81. The summed E-state index contributed by atoms with van der Waals surface area (Å²) in [4.78, 5) is 1.91. The average Bonchev–Trinajstić information content (AvgIpc) is 3.25. The van der Waals surface area contributed by atoms with Gasteiger partial charge in [-0.2, -0.15) is 0 Å². The van der Waals surface area contributed by atoms with Crippen LogP contribution in [0.25, 0.3) is 66.1 Å². The lowest BCUT2D eigenvalue weighted by molar-refractivity contribution is 1.28. The van der Waals surface area contributed by atoms with Crippen LogP contribution >= 0.6 is 0 Å². The van der Waals surface area contributed by atoms with Gasteiger partial charge in [0.15, 0.2) is 0 Å². The number of hydrogen-bond acceptors (Lipinski definition) is 1. The smallest absolute Gasteiger partial charge is 0.0651 e. The molecular formula is C50H35N. The van der Waals surface area contributed by atoms with Gasteiger partial charge < -0.3 is 4.90 Å². The van der Waals surface area contributed by atoms with Crippen molar-refractivity contribution in [3.63, 3.8) is 0 Å². The van der Waals surface area contributed by atoms with Crippen molar-refractivity contribution in [3.05, 3.63) is 212 Å². The quantitative estimate of drug-likeness (QED) is 0.165. The van der Waals surface area contributed by atoms with Crippen LogP contribution in [0.2, 0.25) is 0 Å². The summed E-state index contributed by atoms with van der Waals surface area (Å²) in [6.07, 6.45) is 0. The summed E-state index contributed by atoms with van der Waals surface area (Å²) >= 11 is 0. The lowest BCUT2D eigenvalue weighted by Gasteiger charge is -2.27. The molecule has 51 heavy (non-hydrogen) atoms. The fourth-order valence-corrected chi connectivity index (χ4v) is 7.03. The van der Waals surface area contributed by atoms with Gasteiger partial charge in [-0.15, -0.1) is 0 Å². The third kappa shape index (κ3) is 5.96. The Kier molecular flexibility index (Phi) is 6.84. The zero-order valence-corrected chi connectivity index (χ0v) is 27.8. The molecule has 0 aliphatic heterocycles. The summed E-state index contributed by atoms with van der Waals surface area (Å²) in [7, 11) is 0. The van der Waals surface area contributed by atoms with Gasteiger partial charge >= 0.3 is 0 Å². The molecule has 1 heteroatoms. The first-order valence-corrected chi connectivity index (χ1v) is 17.2. The van der Waals surface area contributed by atoms with Gasteiger partial charge in [0.2, 0.25) is 0 Å². The maximum Gasteiger partial charge on any atom is 0.0651 e. The normalized spacial score (nSPS) is 12.2. The Balaban J connectivity index is 1.24. The second-order valence-corrected chi connectivity index (χ2v) is 12.7. The second-order valence-electron chi connectivity index (χ2n) is 12.7. The van der Waals surface area contributed by atoms with E-state index in [0.29, 0.717) is 11.1 Å². The van der Waals surface area contributed by atoms with Crippen LogP contribution in [0.1, 0.15) is 5.48 Å². The zero-order chi connectivity index (χ0) is 37.5. The van der Waals surface area contributed by atoms with Crippen LogP contribution in [-0.4, -0.2) is 0 Å². The van der Waals surface area contributed by atoms with Gasteiger partial charge in [-0.1, -0.05) is 170 Å². The first kappa shape index (κ1) is 26.2. The van der Waals surface area contributed by atoms with E-state index in [1.54, 1.807) is 0 Å². The minimum atomic E-state index is -0.224. The minimum Gasteiger partial charge on any atom is -0.310 e. The molecule has 9 aromatic carbocycles. The molecule has 0 saturated carbocycles. The molecule has 0 aliphatic carbocycles. The first-order valence-electron chi connectivity index (χ1n) is 19.2. The molecule has 240 valence electrons. The van der Waals surface area contributed by atoms with E-state index in [1.807, 2.05) is 102 Å². The van der Waals surface area contributed by atoms with E-state index in [1.165, 1.54) is 0 Å². The number of benzene rings is 9. The van der Waals surface area contributed by atoms with Crippen LogP contribution in [0, 0.1) is 0 Å². The lowest BCUT2D eigenvalue weighted by Crippen LogP contribution is -2.10. The van der Waals surface area contributed by atoms with Crippen molar-refractivity contribution in [1.82, 2.24) is 0 Å². The number of rotatable bonds is 7. The molecule has 0 bridgehead atoms. The molecule has 0 unspecified atom stereocenters. The molecule has 0 heterocycles. The Hall–Kier alpha value is -6.70. The van der Waals surface area contributed by atoms with Crippen molar-refractivity contribution >= 4 is 38.6 Å². The lowest BCUT2D eigenvalue weighted by atomic mass is 9.96. The molecular weight excluding hydrogens is 615 g/mol. The largest absolute Gasteiger partial charge is 0.310 e. The monoisotopic (exact) mass is 653 g/mol. The Labute approximate surface area is 305 Å². The average molecular weight is 654 g/mol. The van der Waals surface area contributed by atoms with Gasteiger partial charge in [0.05, 0.1) is 5.48 Å². The number of nitrogens with zero attached hydrogens (tertiary/aromatic N) is 1. The Morgan fingerprint density at radius 3 is 1.57 bits per heavy atom. The maximum absolute atomic E-state index is 9.81. The summed E-state index contributed by atoms with van der Waals surface area (Å²) in [5.41, 5.74) is 9.20. The van der Waals surface area contributed by atoms with E-state index in [2.05, 4.69) is 91.0 Å². The van der Waals surface area contributed by atoms with Crippen LogP contribution in [0.5, 0.6) is 0 Å². The van der Waals surface area contributed by atoms with Crippen LogP contribution < -0.4 is 4.90 Å². The Morgan fingerprint density at radius 1 is 0.333 bits per heavy atom. The fourth-order valence-electron chi connectivity index (χ4n) is 7.03. The molecule has 0 atom stereocenters. The fraction of sp³-hybridized carbons (Fsp3) is 0. The van der Waals surface area contributed by atoms with Crippen LogP contribution in [-0.2, 0) is 0 Å². The SMILES string of the molecule is [2H]c1c([2H])c(-c2cccc3ccccc23)c([2H])c(N(c2ccc(-c3cccc(-c4ccccc4)c3)cc2)c2cccc(-c3cccc4ccccc34)c2)c1[2H]. The summed E-state index contributed by atoms with van der Waals surface area (Å²) in [5, 5.41) is 4.14. The zero-order valence-electron chi connectivity index (χ0n) is 31.8. The molecule has 9 aromatic rings. The van der Waals surface area contributed by atoms with E-state index in [0.717, 1.165) is 66.3 Å². The highest BCUT2D eigenvalue weighted by Crippen LogP contribution is 2.41. The molecule has 0 fully saturated rings. The molecule has 0 N–H and O–H groups in total. The number of hydrogen-bond donors (Lipinski definition) is 0. The number of fused-ring (bicyclic) bond motifs is 2. The van der Waals surface area contributed by atoms with Gasteiger partial charge in [-0.05, 0) is 108 Å². The van der Waals surface area contributed by atoms with Gasteiger partial charge in [0, 0.05) is 17.1 Å². The van der Waals surface area contributed by atoms with E-state index in [4.69, 9.17) is 2.74 Å². The first-order chi connectivity index (χ1) is 27.0. The van der Waals surface area contributed by atoms with Crippen LogP contribution in [0.4, 0.5) is 17.1 Å². The molecule has 0 saturated heterocycles. The van der Waals surface area contributed by atoms with Crippen LogP contribution in [0.3, 0.4) is 0 Å². The van der Waals surface area contributed by atoms with Gasteiger partial charge in [0.25, 0.3) is 0 Å². The topological polar surface area (TPSA) is 3.24 Å². The third-order valence-electron chi connectivity index (χ3n) is 9.53. The van der Waals surface area contributed by atoms with E-state index >= 15 is 0 Å². The standard InChI is InChI=1S/C50H35N/c1-2-13-36(14-3-1)40-19-8-20-41(33-40)37-29-31-44(32-30-37)51(45-23-9-21-42(34-45)49-27-11-17-38-15-4-6-25-47(38)49)46-24-10-22-43(35-46)50-28-12-18-39-16-5-7-26-48(39)50/h1-35H/i9D,21D,23D,34D. The second kappa shape index (κ2) is 13.3. The van der Waals surface area contributed by atoms with E-state index in [-0.39, 0.29) is 29.9 Å². The summed E-state index contributed by atoms with van der Waals surface area (Å²) in [5.74, 6) is 0. The summed E-state index contributed by atoms with van der Waals surface area (Å²) < 4.78 is 37.4. The highest BCUT2D eigenvalue weighted by molar-refractivity contribution is 5.99.